The molecule has 1 aliphatic rings. The molecule has 0 amide bonds. The highest BCUT2D eigenvalue weighted by molar-refractivity contribution is 7.80. The van der Waals surface area contributed by atoms with Crippen molar-refractivity contribution in [2.45, 2.75) is 6.54 Å². The van der Waals surface area contributed by atoms with Gasteiger partial charge in [-0.2, -0.15) is 5.26 Å². The molecule has 8 nitrogen and oxygen atoms in total. The second-order valence-electron chi connectivity index (χ2n) is 5.72. The fourth-order valence-electron chi connectivity index (χ4n) is 2.98. The summed E-state index contributed by atoms with van der Waals surface area (Å²) in [6.07, 6.45) is 0. The topological polar surface area (TPSA) is 131 Å². The van der Waals surface area contributed by atoms with Crippen LogP contribution in [0.15, 0.2) is 41.2 Å². The Hall–Kier alpha value is -3.19. The van der Waals surface area contributed by atoms with Crippen LogP contribution in [0.25, 0.3) is 16.6 Å². The Morgan fingerprint density at radius 1 is 1.23 bits per heavy atom. The monoisotopic (exact) mass is 365 g/mol. The number of ketones is 1. The van der Waals surface area contributed by atoms with Gasteiger partial charge in [0.15, 0.2) is 17.0 Å². The van der Waals surface area contributed by atoms with Crippen LogP contribution in [0.3, 0.4) is 0 Å². The maximum atomic E-state index is 13.0. The first kappa shape index (κ1) is 16.3. The number of hydrogen-bond acceptors (Lipinski definition) is 5. The summed E-state index contributed by atoms with van der Waals surface area (Å²) in [5.74, 6) is -0.359. The molecular weight excluding hydrogens is 354 g/mol. The Kier molecular flexibility index (Phi) is 3.73. The zero-order chi connectivity index (χ0) is 18.4. The van der Waals surface area contributed by atoms with Crippen molar-refractivity contribution in [3.8, 4) is 11.8 Å². The van der Waals surface area contributed by atoms with Gasteiger partial charge in [0.1, 0.15) is 0 Å². The summed E-state index contributed by atoms with van der Waals surface area (Å²) in [5, 5.41) is 14.5. The van der Waals surface area contributed by atoms with Gasteiger partial charge in [0.25, 0.3) is 5.56 Å². The summed E-state index contributed by atoms with van der Waals surface area (Å²) in [7, 11) is 0. The van der Waals surface area contributed by atoms with E-state index in [-0.39, 0.29) is 29.3 Å². The van der Waals surface area contributed by atoms with Crippen LogP contribution in [0.2, 0.25) is 0 Å². The van der Waals surface area contributed by atoms with Gasteiger partial charge in [0, 0.05) is 6.54 Å². The largest absolute Gasteiger partial charge is 0.285 e. The molecule has 9 heteroatoms. The van der Waals surface area contributed by atoms with Gasteiger partial charge >= 0.3 is 0 Å². The molecule has 3 N–H and O–H groups in total. The van der Waals surface area contributed by atoms with Crippen molar-refractivity contribution in [1.29, 1.82) is 5.26 Å². The summed E-state index contributed by atoms with van der Waals surface area (Å²) < 4.78 is 14.8. The summed E-state index contributed by atoms with van der Waals surface area (Å²) in [6, 6.07) is 11.5. The van der Waals surface area contributed by atoms with Gasteiger partial charge in [-0.15, -0.1) is 0 Å². The highest BCUT2D eigenvalue weighted by atomic mass is 32.2. The van der Waals surface area contributed by atoms with Crippen LogP contribution >= 0.6 is 0 Å². The average Bonchev–Trinajstić information content (AvgIpc) is 2.92. The fraction of sp³-hybridized carbons (Fsp3) is 0.0588. The minimum absolute atomic E-state index is 0.0292. The quantitative estimate of drug-likeness (QED) is 0.543. The third-order valence-corrected chi connectivity index (χ3v) is 4.59. The molecule has 3 aromatic rings. The van der Waals surface area contributed by atoms with E-state index in [9.17, 15) is 13.8 Å². The number of hydrogen-bond donors (Lipinski definition) is 2. The van der Waals surface area contributed by atoms with E-state index in [1.54, 1.807) is 30.3 Å². The lowest BCUT2D eigenvalue weighted by Gasteiger charge is -2.07. The van der Waals surface area contributed by atoms with E-state index in [2.05, 4.69) is 9.71 Å². The van der Waals surface area contributed by atoms with Crippen LogP contribution in [0.5, 0.6) is 0 Å². The van der Waals surface area contributed by atoms with Crippen LogP contribution in [0.1, 0.15) is 27.3 Å². The predicted molar refractivity (Wildman–Crippen MR) is 94.7 cm³/mol. The first-order valence-corrected chi connectivity index (χ1v) is 8.75. The first-order chi connectivity index (χ1) is 12.5. The van der Waals surface area contributed by atoms with Crippen LogP contribution in [0, 0.1) is 11.3 Å². The number of nitrogens with zero attached hydrogens (tertiary/aromatic N) is 3. The predicted octanol–water partition coefficient (Wildman–Crippen LogP) is 0.429. The van der Waals surface area contributed by atoms with Crippen molar-refractivity contribution < 1.29 is 9.00 Å². The number of nitriles is 1. The molecule has 0 spiro atoms. The van der Waals surface area contributed by atoms with E-state index in [1.807, 2.05) is 6.07 Å². The van der Waals surface area contributed by atoms with Crippen LogP contribution in [-0.2, 0) is 17.7 Å². The minimum atomic E-state index is -1.66. The molecule has 1 unspecified atom stereocenters. The first-order valence-electron chi connectivity index (χ1n) is 7.54. The highest BCUT2D eigenvalue weighted by Crippen LogP contribution is 2.27. The maximum absolute atomic E-state index is 13.0. The number of benzene rings is 2. The summed E-state index contributed by atoms with van der Waals surface area (Å²) in [5.41, 5.74) is 1.75. The van der Waals surface area contributed by atoms with Gasteiger partial charge in [-0.1, -0.05) is 6.07 Å². The van der Waals surface area contributed by atoms with Crippen molar-refractivity contribution >= 4 is 27.9 Å². The van der Waals surface area contributed by atoms with Crippen molar-refractivity contribution in [3.05, 3.63) is 69.3 Å². The van der Waals surface area contributed by atoms with Crippen molar-refractivity contribution in [1.82, 2.24) is 14.3 Å². The lowest BCUT2D eigenvalue weighted by molar-refractivity contribution is 0.103. The SMILES string of the molecule is N#Cc1ccc2c(c1)C(=O)c1nc3ccc(CNS(N)=O)cc3c(=O)n1-2. The molecular formula is C17H11N5O3S. The molecule has 2 aromatic carbocycles. The molecule has 26 heavy (non-hydrogen) atoms. The van der Waals surface area contributed by atoms with E-state index < -0.39 is 11.2 Å². The number of nitrogens with one attached hydrogen (secondary N) is 1. The van der Waals surface area contributed by atoms with Crippen molar-refractivity contribution in [2.24, 2.45) is 5.14 Å². The highest BCUT2D eigenvalue weighted by Gasteiger charge is 2.30. The molecule has 0 bridgehead atoms. The Bertz CT molecular complexity index is 1230. The summed E-state index contributed by atoms with van der Waals surface area (Å²) in [4.78, 5) is 29.9. The smallest absolute Gasteiger partial charge is 0.266 e. The van der Waals surface area contributed by atoms with E-state index >= 15 is 0 Å². The molecule has 0 aliphatic carbocycles. The van der Waals surface area contributed by atoms with E-state index in [1.165, 1.54) is 10.6 Å². The second kappa shape index (κ2) is 5.96. The molecule has 128 valence electrons. The zero-order valence-corrected chi connectivity index (χ0v) is 14.0. The number of aromatic nitrogens is 2. The molecule has 0 radical (unpaired) electrons. The van der Waals surface area contributed by atoms with E-state index in [4.69, 9.17) is 10.4 Å². The molecule has 0 saturated heterocycles. The van der Waals surface area contributed by atoms with Gasteiger partial charge in [-0.25, -0.2) is 19.1 Å². The van der Waals surface area contributed by atoms with Crippen LogP contribution in [0.4, 0.5) is 0 Å². The Labute approximate surface area is 149 Å². The van der Waals surface area contributed by atoms with Gasteiger partial charge in [0.05, 0.1) is 33.8 Å². The normalized spacial score (nSPS) is 13.3. The third kappa shape index (κ3) is 2.44. The molecule has 0 saturated carbocycles. The molecule has 0 fully saturated rings. The van der Waals surface area contributed by atoms with Crippen molar-refractivity contribution in [3.63, 3.8) is 0 Å². The Morgan fingerprint density at radius 3 is 2.77 bits per heavy atom. The summed E-state index contributed by atoms with van der Waals surface area (Å²) >= 11 is -1.66. The molecule has 2 heterocycles. The van der Waals surface area contributed by atoms with Gasteiger partial charge in [-0.05, 0) is 35.9 Å². The second-order valence-corrected chi connectivity index (χ2v) is 6.60. The molecule has 1 aromatic heterocycles. The molecule has 1 aliphatic heterocycles. The van der Waals surface area contributed by atoms with E-state index in [0.29, 0.717) is 27.7 Å². The Balaban J connectivity index is 1.93. The van der Waals surface area contributed by atoms with Gasteiger partial charge in [-0.3, -0.25) is 14.2 Å². The molecule has 4 rings (SSSR count). The van der Waals surface area contributed by atoms with Crippen LogP contribution < -0.4 is 15.4 Å². The summed E-state index contributed by atoms with van der Waals surface area (Å²) in [6.45, 7) is 0.224. The standard InChI is InChI=1S/C17H11N5O3S/c18-7-9-2-4-14-12(5-9)15(23)16-21-13-3-1-10(8-20-26(19)25)6-11(13)17(24)22(14)16/h1-6,20H,8,19H2. The number of carbonyl (C=O) groups is 1. The lowest BCUT2D eigenvalue weighted by Crippen LogP contribution is -2.24. The zero-order valence-electron chi connectivity index (χ0n) is 13.2. The van der Waals surface area contributed by atoms with Gasteiger partial charge in [0.2, 0.25) is 5.78 Å². The Morgan fingerprint density at radius 2 is 2.04 bits per heavy atom. The van der Waals surface area contributed by atoms with Crippen LogP contribution in [-0.4, -0.2) is 19.5 Å². The fourth-order valence-corrected chi connectivity index (χ4v) is 3.28. The number of rotatable bonds is 3. The maximum Gasteiger partial charge on any atom is 0.266 e. The van der Waals surface area contributed by atoms with Gasteiger partial charge < -0.3 is 0 Å². The lowest BCUT2D eigenvalue weighted by atomic mass is 10.1. The molecule has 1 atom stereocenters. The number of nitrogens with two attached hydrogens (primary N) is 1. The average molecular weight is 365 g/mol. The van der Waals surface area contributed by atoms with Crippen molar-refractivity contribution in [2.75, 3.05) is 0 Å². The van der Waals surface area contributed by atoms with E-state index in [0.717, 1.165) is 0 Å². The number of carbonyl (C=O) groups excluding carboxylic acids is 1. The third-order valence-electron chi connectivity index (χ3n) is 4.17. The minimum Gasteiger partial charge on any atom is -0.285 e. The number of fused-ring (bicyclic) bond motifs is 4.